The van der Waals surface area contributed by atoms with Gasteiger partial charge in [0.1, 0.15) is 6.07 Å². The van der Waals surface area contributed by atoms with E-state index in [4.69, 9.17) is 0 Å². The van der Waals surface area contributed by atoms with Crippen LogP contribution in [0.3, 0.4) is 0 Å². The fourth-order valence-electron chi connectivity index (χ4n) is 3.44. The number of nitrogens with one attached hydrogen (secondary N) is 1. The van der Waals surface area contributed by atoms with Crippen molar-refractivity contribution in [2.24, 2.45) is 0 Å². The number of amides is 1. The summed E-state index contributed by atoms with van der Waals surface area (Å²) in [6.07, 6.45) is 0. The Labute approximate surface area is 172 Å². The zero-order valence-corrected chi connectivity index (χ0v) is 17.1. The van der Waals surface area contributed by atoms with Crippen molar-refractivity contribution in [1.82, 2.24) is 0 Å². The number of rotatable bonds is 6. The third-order valence-corrected chi connectivity index (χ3v) is 5.08. The first-order valence-corrected chi connectivity index (χ1v) is 9.83. The molecule has 3 rings (SSSR count). The van der Waals surface area contributed by atoms with E-state index in [1.165, 1.54) is 0 Å². The molecule has 0 atom stereocenters. The lowest BCUT2D eigenvalue weighted by Gasteiger charge is -2.21. The minimum absolute atomic E-state index is 0.225. The molecule has 0 saturated heterocycles. The van der Waals surface area contributed by atoms with Crippen LogP contribution in [-0.2, 0) is 0 Å². The summed E-state index contributed by atoms with van der Waals surface area (Å²) in [5.74, 6) is -0.225. The van der Waals surface area contributed by atoms with E-state index in [1.54, 1.807) is 12.1 Å². The van der Waals surface area contributed by atoms with Gasteiger partial charge in [-0.1, -0.05) is 36.4 Å². The molecule has 0 spiro atoms. The number of hydrogen-bond donors (Lipinski definition) is 1. The van der Waals surface area contributed by atoms with Crippen LogP contribution in [0.4, 0.5) is 11.4 Å². The Bertz CT molecular complexity index is 1060. The van der Waals surface area contributed by atoms with Gasteiger partial charge in [-0.3, -0.25) is 4.79 Å². The van der Waals surface area contributed by atoms with Crippen LogP contribution in [-0.4, -0.2) is 19.0 Å². The highest BCUT2D eigenvalue weighted by Gasteiger charge is 2.13. The van der Waals surface area contributed by atoms with E-state index in [1.807, 2.05) is 61.5 Å². The Balaban J connectivity index is 1.93. The molecule has 146 valence electrons. The van der Waals surface area contributed by atoms with E-state index >= 15 is 0 Å². The van der Waals surface area contributed by atoms with Gasteiger partial charge in [0.25, 0.3) is 5.91 Å². The molecule has 0 heterocycles. The Hall–Kier alpha value is -3.58. The second kappa shape index (κ2) is 9.07. The van der Waals surface area contributed by atoms with E-state index < -0.39 is 0 Å². The molecule has 0 aromatic heterocycles. The maximum atomic E-state index is 12.9. The summed E-state index contributed by atoms with van der Waals surface area (Å²) in [6.45, 7) is 7.97. The SMILES string of the molecule is CCN(CC)c1cccc(C(=O)Nc2cc(-c3ccccc3C)ccc2C#N)c1. The van der Waals surface area contributed by atoms with Crippen molar-refractivity contribution in [3.8, 4) is 17.2 Å². The second-order valence-electron chi connectivity index (χ2n) is 6.86. The molecule has 1 N–H and O–H groups in total. The van der Waals surface area contributed by atoms with E-state index in [9.17, 15) is 10.1 Å². The number of carbonyl (C=O) groups is 1. The van der Waals surface area contributed by atoms with E-state index in [0.29, 0.717) is 16.8 Å². The first-order valence-electron chi connectivity index (χ1n) is 9.83. The van der Waals surface area contributed by atoms with Crippen molar-refractivity contribution in [3.05, 3.63) is 83.4 Å². The molecule has 0 unspecified atom stereocenters. The number of carbonyl (C=O) groups excluding carboxylic acids is 1. The third kappa shape index (κ3) is 4.47. The minimum Gasteiger partial charge on any atom is -0.372 e. The quantitative estimate of drug-likeness (QED) is 0.600. The van der Waals surface area contributed by atoms with Gasteiger partial charge in [-0.15, -0.1) is 0 Å². The number of nitriles is 1. The van der Waals surface area contributed by atoms with Crippen molar-refractivity contribution in [3.63, 3.8) is 0 Å². The summed E-state index contributed by atoms with van der Waals surface area (Å²) in [4.78, 5) is 15.1. The lowest BCUT2D eigenvalue weighted by atomic mass is 9.98. The fraction of sp³-hybridized carbons (Fsp3) is 0.200. The summed E-state index contributed by atoms with van der Waals surface area (Å²) in [5.41, 5.74) is 5.73. The molecule has 0 bridgehead atoms. The molecule has 3 aromatic carbocycles. The minimum atomic E-state index is -0.225. The predicted octanol–water partition coefficient (Wildman–Crippen LogP) is 5.63. The highest BCUT2D eigenvalue weighted by atomic mass is 16.1. The van der Waals surface area contributed by atoms with Crippen molar-refractivity contribution in [2.45, 2.75) is 20.8 Å². The van der Waals surface area contributed by atoms with E-state index in [0.717, 1.165) is 35.5 Å². The Morgan fingerprint density at radius 1 is 1.00 bits per heavy atom. The van der Waals surface area contributed by atoms with E-state index in [-0.39, 0.29) is 5.91 Å². The van der Waals surface area contributed by atoms with E-state index in [2.05, 4.69) is 30.1 Å². The third-order valence-electron chi connectivity index (χ3n) is 5.08. The normalized spacial score (nSPS) is 10.3. The molecule has 0 saturated carbocycles. The Kier molecular flexibility index (Phi) is 6.31. The second-order valence-corrected chi connectivity index (χ2v) is 6.86. The molecular formula is C25H25N3O. The largest absolute Gasteiger partial charge is 0.372 e. The number of nitrogens with zero attached hydrogens (tertiary/aromatic N) is 2. The van der Waals surface area contributed by atoms with Gasteiger partial charge < -0.3 is 10.2 Å². The molecule has 0 radical (unpaired) electrons. The molecule has 1 amide bonds. The van der Waals surface area contributed by atoms with Crippen LogP contribution < -0.4 is 10.2 Å². The molecule has 29 heavy (non-hydrogen) atoms. The first kappa shape index (κ1) is 20.2. The molecule has 0 aliphatic rings. The van der Waals surface area contributed by atoms with Crippen molar-refractivity contribution >= 4 is 17.3 Å². The number of hydrogen-bond acceptors (Lipinski definition) is 3. The molecule has 4 nitrogen and oxygen atoms in total. The lowest BCUT2D eigenvalue weighted by Crippen LogP contribution is -2.22. The fourth-order valence-corrected chi connectivity index (χ4v) is 3.44. The smallest absolute Gasteiger partial charge is 0.255 e. The van der Waals surface area contributed by atoms with Crippen LogP contribution in [0, 0.1) is 18.3 Å². The highest BCUT2D eigenvalue weighted by molar-refractivity contribution is 6.05. The van der Waals surface area contributed by atoms with Gasteiger partial charge in [-0.05, 0) is 67.8 Å². The van der Waals surface area contributed by atoms with Crippen molar-refractivity contribution in [2.75, 3.05) is 23.3 Å². The topological polar surface area (TPSA) is 56.1 Å². The maximum Gasteiger partial charge on any atom is 0.255 e. The van der Waals surface area contributed by atoms with Crippen LogP contribution >= 0.6 is 0 Å². The zero-order chi connectivity index (χ0) is 20.8. The van der Waals surface area contributed by atoms with Gasteiger partial charge in [-0.2, -0.15) is 5.26 Å². The van der Waals surface area contributed by atoms with Crippen LogP contribution in [0.2, 0.25) is 0 Å². The molecule has 4 heteroatoms. The van der Waals surface area contributed by atoms with Gasteiger partial charge in [-0.25, -0.2) is 0 Å². The summed E-state index contributed by atoms with van der Waals surface area (Å²) < 4.78 is 0. The molecule has 3 aromatic rings. The van der Waals surface area contributed by atoms with Gasteiger partial charge in [0.2, 0.25) is 0 Å². The van der Waals surface area contributed by atoms with Gasteiger partial charge in [0.05, 0.1) is 11.3 Å². The summed E-state index contributed by atoms with van der Waals surface area (Å²) >= 11 is 0. The standard InChI is InChI=1S/C25H25N3O/c1-4-28(5-2)22-11-8-10-20(15-22)25(29)27-24-16-19(13-14-21(24)17-26)23-12-7-6-9-18(23)3/h6-16H,4-5H2,1-3H3,(H,27,29). The lowest BCUT2D eigenvalue weighted by molar-refractivity contribution is 0.102. The van der Waals surface area contributed by atoms with Gasteiger partial charge in [0, 0.05) is 24.3 Å². The molecule has 0 aliphatic carbocycles. The number of anilines is 2. The van der Waals surface area contributed by atoms with Crippen molar-refractivity contribution < 1.29 is 4.79 Å². The predicted molar refractivity (Wildman–Crippen MR) is 119 cm³/mol. The zero-order valence-electron chi connectivity index (χ0n) is 17.1. The Morgan fingerprint density at radius 3 is 2.45 bits per heavy atom. The summed E-state index contributed by atoms with van der Waals surface area (Å²) in [6, 6.07) is 23.3. The van der Waals surface area contributed by atoms with Crippen LogP contribution in [0.1, 0.15) is 35.3 Å². The summed E-state index contributed by atoms with van der Waals surface area (Å²) in [7, 11) is 0. The first-order chi connectivity index (χ1) is 14.1. The van der Waals surface area contributed by atoms with Crippen molar-refractivity contribution in [1.29, 1.82) is 5.26 Å². The van der Waals surface area contributed by atoms with Crippen LogP contribution in [0.25, 0.3) is 11.1 Å². The highest BCUT2D eigenvalue weighted by Crippen LogP contribution is 2.28. The van der Waals surface area contributed by atoms with Gasteiger partial charge in [0.15, 0.2) is 0 Å². The van der Waals surface area contributed by atoms with Crippen LogP contribution in [0.5, 0.6) is 0 Å². The monoisotopic (exact) mass is 383 g/mol. The Morgan fingerprint density at radius 2 is 1.76 bits per heavy atom. The number of benzene rings is 3. The average Bonchev–Trinajstić information content (AvgIpc) is 2.75. The average molecular weight is 383 g/mol. The molecule has 0 fully saturated rings. The number of aryl methyl sites for hydroxylation is 1. The van der Waals surface area contributed by atoms with Crippen LogP contribution in [0.15, 0.2) is 66.7 Å². The summed E-state index contributed by atoms with van der Waals surface area (Å²) in [5, 5.41) is 12.4. The van der Waals surface area contributed by atoms with Gasteiger partial charge >= 0.3 is 0 Å². The maximum absolute atomic E-state index is 12.9. The molecule has 0 aliphatic heterocycles. The molecular weight excluding hydrogens is 358 g/mol.